The molecule has 0 radical (unpaired) electrons. The van der Waals surface area contributed by atoms with Crippen molar-refractivity contribution >= 4 is 17.5 Å². The van der Waals surface area contributed by atoms with Crippen molar-refractivity contribution in [3.63, 3.8) is 0 Å². The Morgan fingerprint density at radius 2 is 1.87 bits per heavy atom. The van der Waals surface area contributed by atoms with Crippen molar-refractivity contribution in [2.75, 3.05) is 32.1 Å². The number of rotatable bonds is 8. The number of nitriles is 1. The summed E-state index contributed by atoms with van der Waals surface area (Å²) < 4.78 is 10.9. The number of aromatic nitrogens is 4. The van der Waals surface area contributed by atoms with Crippen LogP contribution in [0.15, 0.2) is 65.2 Å². The summed E-state index contributed by atoms with van der Waals surface area (Å²) in [7, 11) is 1.51. The number of nitrogens with zero attached hydrogens (tertiary/aromatic N) is 5. The number of anilines is 2. The molecule has 38 heavy (non-hydrogen) atoms. The molecule has 1 amide bonds. The maximum absolute atomic E-state index is 12.0. The van der Waals surface area contributed by atoms with Crippen LogP contribution in [0.25, 0.3) is 11.3 Å². The summed E-state index contributed by atoms with van der Waals surface area (Å²) in [5.74, 6) is 0.710. The van der Waals surface area contributed by atoms with E-state index in [9.17, 15) is 4.79 Å². The van der Waals surface area contributed by atoms with Gasteiger partial charge in [0, 0.05) is 23.0 Å². The Morgan fingerprint density at radius 1 is 1.11 bits per heavy atom. The summed E-state index contributed by atoms with van der Waals surface area (Å²) >= 11 is 0. The van der Waals surface area contributed by atoms with Gasteiger partial charge in [0.05, 0.1) is 24.3 Å². The number of amides is 1. The highest BCUT2D eigenvalue weighted by Crippen LogP contribution is 2.40. The quantitative estimate of drug-likeness (QED) is 0.301. The molecule has 0 bridgehead atoms. The molecule has 1 saturated heterocycles. The summed E-state index contributed by atoms with van der Waals surface area (Å²) in [6, 6.07) is 18.8. The molecule has 0 unspecified atom stereocenters. The van der Waals surface area contributed by atoms with Gasteiger partial charge in [0.1, 0.15) is 6.54 Å². The van der Waals surface area contributed by atoms with Crippen LogP contribution in [0.2, 0.25) is 0 Å². The van der Waals surface area contributed by atoms with Gasteiger partial charge in [0.2, 0.25) is 11.8 Å². The fourth-order valence-corrected chi connectivity index (χ4v) is 4.56. The molecule has 192 valence electrons. The molecule has 0 saturated carbocycles. The average Bonchev–Trinajstić information content (AvgIpc) is 3.47. The monoisotopic (exact) mass is 510 g/mol. The Balaban J connectivity index is 1.32. The number of nitrogens with one attached hydrogen (secondary N) is 3. The molecule has 11 nitrogen and oxygen atoms in total. The van der Waals surface area contributed by atoms with Crippen LogP contribution in [-0.2, 0) is 5.41 Å². The zero-order valence-corrected chi connectivity index (χ0v) is 20.8. The average molecular weight is 511 g/mol. The molecule has 11 heteroatoms. The first kappa shape index (κ1) is 24.9. The minimum atomic E-state index is -0.387. The molecule has 0 atom stereocenters. The van der Waals surface area contributed by atoms with Crippen molar-refractivity contribution in [3.05, 3.63) is 77.8 Å². The molecule has 1 fully saturated rings. The first-order chi connectivity index (χ1) is 18.6. The van der Waals surface area contributed by atoms with Crippen molar-refractivity contribution in [1.29, 1.82) is 5.26 Å². The van der Waals surface area contributed by atoms with Crippen LogP contribution in [0.4, 0.5) is 11.6 Å². The van der Waals surface area contributed by atoms with Crippen LogP contribution in [-0.4, -0.2) is 52.8 Å². The van der Waals surface area contributed by atoms with E-state index in [0.717, 1.165) is 42.7 Å². The van der Waals surface area contributed by atoms with Crippen molar-refractivity contribution in [2.45, 2.75) is 18.3 Å². The first-order valence-electron chi connectivity index (χ1n) is 12.2. The van der Waals surface area contributed by atoms with E-state index < -0.39 is 0 Å². The van der Waals surface area contributed by atoms with E-state index in [-0.39, 0.29) is 23.9 Å². The number of ether oxygens (including phenoxy) is 1. The Morgan fingerprint density at radius 3 is 2.55 bits per heavy atom. The van der Waals surface area contributed by atoms with Gasteiger partial charge in [0.25, 0.3) is 5.91 Å². The van der Waals surface area contributed by atoms with Gasteiger partial charge in [-0.3, -0.25) is 4.79 Å². The molecule has 3 N–H and O–H groups in total. The van der Waals surface area contributed by atoms with E-state index in [1.54, 1.807) is 24.4 Å². The van der Waals surface area contributed by atoms with Gasteiger partial charge in [-0.05, 0) is 61.8 Å². The van der Waals surface area contributed by atoms with Gasteiger partial charge in [-0.15, -0.1) is 5.10 Å². The Bertz CT molecular complexity index is 1440. The second-order valence-electron chi connectivity index (χ2n) is 8.80. The fraction of sp³-hybridized carbons (Fsp3) is 0.259. The molecule has 0 spiro atoms. The van der Waals surface area contributed by atoms with Crippen LogP contribution < -0.4 is 20.7 Å². The number of hydrogen-bond donors (Lipinski definition) is 3. The third-order valence-electron chi connectivity index (χ3n) is 6.57. The van der Waals surface area contributed by atoms with Crippen molar-refractivity contribution < 1.29 is 13.9 Å². The summed E-state index contributed by atoms with van der Waals surface area (Å²) in [4.78, 5) is 21.0. The Kier molecular flexibility index (Phi) is 7.24. The third-order valence-corrected chi connectivity index (χ3v) is 6.57. The highest BCUT2D eigenvalue weighted by Gasteiger charge is 2.41. The van der Waals surface area contributed by atoms with Gasteiger partial charge in [-0.25, -0.2) is 9.97 Å². The second kappa shape index (κ2) is 11.1. The molecule has 0 aliphatic carbocycles. The van der Waals surface area contributed by atoms with Gasteiger partial charge in [-0.1, -0.05) is 29.4 Å². The third kappa shape index (κ3) is 5.16. The van der Waals surface area contributed by atoms with E-state index in [1.807, 2.05) is 30.3 Å². The highest BCUT2D eigenvalue weighted by molar-refractivity contribution is 5.94. The molecule has 1 aliphatic heterocycles. The molecule has 4 aromatic rings. The maximum atomic E-state index is 12.0. The zero-order valence-electron chi connectivity index (χ0n) is 20.8. The maximum Gasteiger partial charge on any atom is 0.414 e. The molecule has 2 aromatic heterocycles. The summed E-state index contributed by atoms with van der Waals surface area (Å²) in [5, 5.41) is 26.1. The molecular formula is C27H26N8O3. The SMILES string of the molecule is COc1nnc(C2(c3ccc(Nc4nccc(-c5ccc(C(=O)NCC#N)cc5)n4)cc3)CCNCC2)o1. The van der Waals surface area contributed by atoms with Gasteiger partial charge in [-0.2, -0.15) is 5.26 Å². The first-order valence-corrected chi connectivity index (χ1v) is 12.2. The lowest BCUT2D eigenvalue weighted by Crippen LogP contribution is -2.41. The topological polar surface area (TPSA) is 151 Å². The molecule has 3 heterocycles. The minimum absolute atomic E-state index is 0.0353. The second-order valence-corrected chi connectivity index (χ2v) is 8.80. The minimum Gasteiger partial charge on any atom is -0.452 e. The lowest BCUT2D eigenvalue weighted by atomic mass is 9.73. The van der Waals surface area contributed by atoms with Crippen molar-refractivity contribution in [2.24, 2.45) is 0 Å². The highest BCUT2D eigenvalue weighted by atomic mass is 16.6. The number of piperidine rings is 1. The predicted molar refractivity (Wildman–Crippen MR) is 139 cm³/mol. The van der Waals surface area contributed by atoms with Gasteiger partial charge >= 0.3 is 6.08 Å². The van der Waals surface area contributed by atoms with E-state index >= 15 is 0 Å². The zero-order chi connectivity index (χ0) is 26.4. The normalized spacial score (nSPS) is 14.3. The Hall–Kier alpha value is -4.82. The van der Waals surface area contributed by atoms with Crippen LogP contribution in [0.1, 0.15) is 34.7 Å². The largest absolute Gasteiger partial charge is 0.452 e. The summed E-state index contributed by atoms with van der Waals surface area (Å²) in [6.07, 6.45) is 3.49. The summed E-state index contributed by atoms with van der Waals surface area (Å²) in [6.45, 7) is 1.65. The van der Waals surface area contributed by atoms with Crippen LogP contribution in [0.5, 0.6) is 6.08 Å². The van der Waals surface area contributed by atoms with Crippen LogP contribution in [0.3, 0.4) is 0 Å². The van der Waals surface area contributed by atoms with Crippen molar-refractivity contribution in [1.82, 2.24) is 30.8 Å². The van der Waals surface area contributed by atoms with Crippen LogP contribution >= 0.6 is 0 Å². The molecular weight excluding hydrogens is 484 g/mol. The van der Waals surface area contributed by atoms with E-state index in [1.165, 1.54) is 7.11 Å². The lowest BCUT2D eigenvalue weighted by Gasteiger charge is -2.35. The number of benzene rings is 2. The van der Waals surface area contributed by atoms with Crippen molar-refractivity contribution in [3.8, 4) is 23.4 Å². The van der Waals surface area contributed by atoms with E-state index in [2.05, 4.69) is 48.2 Å². The standard InChI is InChI=1S/C27H26N8O3/c1-37-26-35-34-24(38-26)27(11-15-29-16-12-27)20-6-8-21(9-7-20)32-25-31-14-10-22(33-25)18-2-4-19(5-3-18)23(36)30-17-13-28/h2-10,14,29H,11-12,15-17H2,1H3,(H,30,36)(H,31,32,33). The van der Waals surface area contributed by atoms with Gasteiger partial charge in [0.15, 0.2) is 0 Å². The number of carbonyl (C=O) groups excluding carboxylic acids is 1. The molecule has 2 aromatic carbocycles. The number of carbonyl (C=O) groups is 1. The van der Waals surface area contributed by atoms with E-state index in [4.69, 9.17) is 14.4 Å². The fourth-order valence-electron chi connectivity index (χ4n) is 4.56. The lowest BCUT2D eigenvalue weighted by molar-refractivity contribution is 0.0958. The van der Waals surface area contributed by atoms with Gasteiger partial charge < -0.3 is 25.1 Å². The molecule has 1 aliphatic rings. The predicted octanol–water partition coefficient (Wildman–Crippen LogP) is 3.20. The van der Waals surface area contributed by atoms with Crippen LogP contribution in [0, 0.1) is 11.3 Å². The number of methoxy groups -OCH3 is 1. The number of hydrogen-bond acceptors (Lipinski definition) is 10. The Labute approximate surface area is 219 Å². The summed E-state index contributed by atoms with van der Waals surface area (Å²) in [5.41, 5.74) is 3.56. The van der Waals surface area contributed by atoms with E-state index in [0.29, 0.717) is 23.1 Å². The smallest absolute Gasteiger partial charge is 0.414 e. The molecule has 5 rings (SSSR count).